The number of carbonyl (C=O) groups is 2. The second-order valence-electron chi connectivity index (χ2n) is 8.65. The third-order valence-corrected chi connectivity index (χ3v) is 6.13. The molecule has 1 aliphatic rings. The van der Waals surface area contributed by atoms with E-state index in [1.807, 2.05) is 54.6 Å². The summed E-state index contributed by atoms with van der Waals surface area (Å²) < 4.78 is 40.2. The topological polar surface area (TPSA) is 87.8 Å². The lowest BCUT2D eigenvalue weighted by Gasteiger charge is -2.30. The van der Waals surface area contributed by atoms with Crippen LogP contribution in [-0.4, -0.2) is 42.7 Å². The summed E-state index contributed by atoms with van der Waals surface area (Å²) in [5, 5.41) is 2.54. The maximum Gasteiger partial charge on any atom is 0.224 e. The Bertz CT molecular complexity index is 1310. The minimum absolute atomic E-state index is 0.0608. The fraction of sp³-hybridized carbons (Fsp3) is 0.222. The first kappa shape index (κ1) is 25.1. The van der Waals surface area contributed by atoms with Gasteiger partial charge in [-0.2, -0.15) is 0 Å². The number of ketones is 1. The molecule has 3 N–H and O–H groups in total. The molecule has 3 aromatic rings. The highest BCUT2D eigenvalue weighted by Gasteiger charge is 2.36. The van der Waals surface area contributed by atoms with Gasteiger partial charge in [-0.3, -0.25) is 14.6 Å². The van der Waals surface area contributed by atoms with Gasteiger partial charge < -0.3 is 16.0 Å². The molecule has 6 nitrogen and oxygen atoms in total. The smallest absolute Gasteiger partial charge is 0.224 e. The summed E-state index contributed by atoms with van der Waals surface area (Å²) in [6, 6.07) is 16.4. The van der Waals surface area contributed by atoms with Crippen LogP contribution in [0.1, 0.15) is 23.6 Å². The van der Waals surface area contributed by atoms with Crippen LogP contribution in [-0.2, 0) is 16.0 Å². The highest BCUT2D eigenvalue weighted by Crippen LogP contribution is 2.29. The monoisotopic (exact) mass is 494 g/mol. The number of fused-ring (bicyclic) bond motifs is 1. The van der Waals surface area contributed by atoms with Gasteiger partial charge in [0.2, 0.25) is 5.91 Å². The van der Waals surface area contributed by atoms with Crippen LogP contribution in [0.2, 0.25) is 0 Å². The minimum atomic E-state index is -1.61. The van der Waals surface area contributed by atoms with E-state index in [1.165, 1.54) is 6.92 Å². The average molecular weight is 495 g/mol. The molecule has 3 atom stereocenters. The van der Waals surface area contributed by atoms with E-state index < -0.39 is 53.8 Å². The number of carbonyl (C=O) groups excluding carboxylic acids is 2. The van der Waals surface area contributed by atoms with E-state index >= 15 is 0 Å². The van der Waals surface area contributed by atoms with Gasteiger partial charge in [-0.25, -0.2) is 13.2 Å². The van der Waals surface area contributed by atoms with E-state index in [0.29, 0.717) is 5.71 Å². The maximum atomic E-state index is 13.5. The number of nitrogens with zero attached hydrogens (tertiary/aromatic N) is 2. The molecule has 9 heteroatoms. The third-order valence-electron chi connectivity index (χ3n) is 6.13. The number of Topliss-reactive ketones (excluding diaryl/α,β-unsaturated/α-hetero) is 1. The number of likely N-dealkylation sites (N-methyl/N-ethyl adjacent to an activating group) is 1. The van der Waals surface area contributed by atoms with Crippen LogP contribution < -0.4 is 16.0 Å². The van der Waals surface area contributed by atoms with E-state index in [2.05, 4.69) is 5.32 Å². The highest BCUT2D eigenvalue weighted by atomic mass is 19.2. The van der Waals surface area contributed by atoms with E-state index in [0.717, 1.165) is 28.9 Å². The number of nitrogens with one attached hydrogen (secondary N) is 1. The lowest BCUT2D eigenvalue weighted by Crippen LogP contribution is -2.55. The Labute approximate surface area is 206 Å². The number of nitrogens with two attached hydrogens (primary N) is 1. The molecule has 0 bridgehead atoms. The number of amides is 1. The van der Waals surface area contributed by atoms with Gasteiger partial charge in [0.1, 0.15) is 12.2 Å². The number of rotatable bonds is 6. The fourth-order valence-corrected chi connectivity index (χ4v) is 4.21. The van der Waals surface area contributed by atoms with Gasteiger partial charge in [0.05, 0.1) is 18.2 Å². The summed E-state index contributed by atoms with van der Waals surface area (Å²) in [6.07, 6.45) is -1.26. The van der Waals surface area contributed by atoms with Crippen LogP contribution >= 0.6 is 0 Å². The third kappa shape index (κ3) is 5.01. The second-order valence-corrected chi connectivity index (χ2v) is 8.65. The van der Waals surface area contributed by atoms with Crippen LogP contribution in [0.15, 0.2) is 71.7 Å². The molecule has 1 aliphatic heterocycles. The molecule has 0 saturated carbocycles. The summed E-state index contributed by atoms with van der Waals surface area (Å²) >= 11 is 0. The van der Waals surface area contributed by atoms with Crippen molar-refractivity contribution in [1.29, 1.82) is 0 Å². The van der Waals surface area contributed by atoms with Gasteiger partial charge in [0.15, 0.2) is 23.2 Å². The molecular weight excluding hydrogens is 469 g/mol. The molecule has 36 heavy (non-hydrogen) atoms. The van der Waals surface area contributed by atoms with Gasteiger partial charge in [0, 0.05) is 23.9 Å². The molecule has 0 saturated heterocycles. The average Bonchev–Trinajstić information content (AvgIpc) is 2.97. The van der Waals surface area contributed by atoms with E-state index in [9.17, 15) is 22.8 Å². The number of anilines is 1. The van der Waals surface area contributed by atoms with Crippen molar-refractivity contribution in [2.24, 2.45) is 10.7 Å². The Balaban J connectivity index is 1.60. The molecule has 4 rings (SSSR count). The van der Waals surface area contributed by atoms with Crippen molar-refractivity contribution in [3.63, 3.8) is 0 Å². The van der Waals surface area contributed by atoms with Crippen LogP contribution in [0.4, 0.5) is 18.9 Å². The van der Waals surface area contributed by atoms with Gasteiger partial charge in [0.25, 0.3) is 0 Å². The Morgan fingerprint density at radius 1 is 1.03 bits per heavy atom. The lowest BCUT2D eigenvalue weighted by atomic mass is 10.00. The van der Waals surface area contributed by atoms with E-state index in [-0.39, 0.29) is 5.56 Å². The summed E-state index contributed by atoms with van der Waals surface area (Å²) in [5.74, 6) is -5.48. The number of hydrogen-bond donors (Lipinski definition) is 2. The van der Waals surface area contributed by atoms with Crippen molar-refractivity contribution in [2.45, 2.75) is 31.6 Å². The summed E-state index contributed by atoms with van der Waals surface area (Å²) in [5.41, 5.74) is 9.45. The molecular formula is C27H25F3N4O2. The molecule has 0 aliphatic carbocycles. The van der Waals surface area contributed by atoms with Gasteiger partial charge in [-0.05, 0) is 30.7 Å². The summed E-state index contributed by atoms with van der Waals surface area (Å²) in [6.45, 7) is 1.49. The highest BCUT2D eigenvalue weighted by molar-refractivity contribution is 6.17. The van der Waals surface area contributed by atoms with Crippen molar-refractivity contribution in [2.75, 3.05) is 11.9 Å². The molecule has 0 spiro atoms. The molecule has 186 valence electrons. The number of para-hydroxylation sites is 1. The van der Waals surface area contributed by atoms with Crippen LogP contribution in [0.25, 0.3) is 0 Å². The summed E-state index contributed by atoms with van der Waals surface area (Å²) in [4.78, 5) is 32.5. The van der Waals surface area contributed by atoms with Gasteiger partial charge in [-0.1, -0.05) is 48.5 Å². The standard InChI is InChI=1S/C27H25F3N4O2/c1-15(32-22(35)14-16-12-19(28)23(30)20(29)13-16)26(36)25-27(31)34(2)21-11-7-6-10-18(21)24(33-25)17-8-4-3-5-9-17/h3-13,15,25,27H,14,31H2,1-2H3,(H,32,35)/t15?,25?,27-/m0/s1. The fourth-order valence-electron chi connectivity index (χ4n) is 4.21. The molecule has 3 aromatic carbocycles. The van der Waals surface area contributed by atoms with Crippen molar-refractivity contribution >= 4 is 23.1 Å². The van der Waals surface area contributed by atoms with Crippen molar-refractivity contribution in [1.82, 2.24) is 5.32 Å². The largest absolute Gasteiger partial charge is 0.356 e. The van der Waals surface area contributed by atoms with Crippen LogP contribution in [0.3, 0.4) is 0 Å². The number of benzodiazepines with no additional fused rings is 1. The molecule has 1 amide bonds. The Kier molecular flexibility index (Phi) is 7.21. The lowest BCUT2D eigenvalue weighted by molar-refractivity contribution is -0.127. The van der Waals surface area contributed by atoms with E-state index in [4.69, 9.17) is 10.7 Å². The SMILES string of the molecule is CC(NC(=O)Cc1cc(F)c(F)c(F)c1)C(=O)C1N=C(c2ccccc2)c2ccccc2N(C)[C@@H]1N. The van der Waals surface area contributed by atoms with Gasteiger partial charge >= 0.3 is 0 Å². The zero-order chi connectivity index (χ0) is 26.0. The number of halogens is 3. The first-order valence-electron chi connectivity index (χ1n) is 11.3. The predicted molar refractivity (Wildman–Crippen MR) is 131 cm³/mol. The Hall–Kier alpha value is -3.98. The molecule has 0 aromatic heterocycles. The second kappa shape index (κ2) is 10.3. The minimum Gasteiger partial charge on any atom is -0.356 e. The van der Waals surface area contributed by atoms with Crippen molar-refractivity contribution in [3.8, 4) is 0 Å². The van der Waals surface area contributed by atoms with Crippen molar-refractivity contribution < 1.29 is 22.8 Å². The van der Waals surface area contributed by atoms with E-state index in [1.54, 1.807) is 11.9 Å². The molecule has 2 unspecified atom stereocenters. The maximum absolute atomic E-state index is 13.5. The Morgan fingerprint density at radius 3 is 2.31 bits per heavy atom. The number of hydrogen-bond acceptors (Lipinski definition) is 5. The molecule has 1 heterocycles. The normalized spacial score (nSPS) is 18.1. The molecule has 0 radical (unpaired) electrons. The zero-order valence-electron chi connectivity index (χ0n) is 19.7. The first-order chi connectivity index (χ1) is 17.2. The van der Waals surface area contributed by atoms with Crippen LogP contribution in [0.5, 0.6) is 0 Å². The first-order valence-corrected chi connectivity index (χ1v) is 11.3. The number of aliphatic imine (C=N–C) groups is 1. The van der Waals surface area contributed by atoms with Crippen LogP contribution in [0, 0.1) is 17.5 Å². The van der Waals surface area contributed by atoms with Gasteiger partial charge in [-0.15, -0.1) is 0 Å². The number of benzene rings is 3. The zero-order valence-corrected chi connectivity index (χ0v) is 19.7. The van der Waals surface area contributed by atoms with Crippen molar-refractivity contribution in [3.05, 3.63) is 101 Å². The molecule has 0 fully saturated rings. The quantitative estimate of drug-likeness (QED) is 0.515. The predicted octanol–water partition coefficient (Wildman–Crippen LogP) is 3.36. The summed E-state index contributed by atoms with van der Waals surface area (Å²) in [7, 11) is 1.77. The Morgan fingerprint density at radius 2 is 1.64 bits per heavy atom.